The van der Waals surface area contributed by atoms with E-state index in [2.05, 4.69) is 9.47 Å². The Kier molecular flexibility index (Phi) is 6.43. The zero-order valence-corrected chi connectivity index (χ0v) is 22.2. The first-order valence-electron chi connectivity index (χ1n) is 12.2. The average molecular weight is 598 g/mol. The van der Waals surface area contributed by atoms with Gasteiger partial charge in [-0.3, -0.25) is 0 Å². The second kappa shape index (κ2) is 10.2. The standard InChI is InChI=1S/C30H14O12S/c31-25(15-1-11-21-23(13-15)29(35)41-27(21)33)39-17-3-7-19(8-4-17)43(37,38)20-9-5-18(6-10-20)40-26(32)16-2-12-22-24(14-16)30(36)42-28(22)34/h1-14H. The van der Waals surface area contributed by atoms with Crippen molar-refractivity contribution < 1.29 is 56.1 Å². The lowest BCUT2D eigenvalue weighted by molar-refractivity contribution is 0.0425. The van der Waals surface area contributed by atoms with E-state index in [1.807, 2.05) is 0 Å². The normalized spacial score (nSPS) is 13.6. The van der Waals surface area contributed by atoms with Crippen LogP contribution in [0.4, 0.5) is 0 Å². The summed E-state index contributed by atoms with van der Waals surface area (Å²) in [6.45, 7) is 0. The van der Waals surface area contributed by atoms with Crippen molar-refractivity contribution in [2.45, 2.75) is 9.79 Å². The van der Waals surface area contributed by atoms with Crippen molar-refractivity contribution in [1.29, 1.82) is 0 Å². The summed E-state index contributed by atoms with van der Waals surface area (Å²) in [5.41, 5.74) is -0.0848. The molecule has 0 unspecified atom stereocenters. The highest BCUT2D eigenvalue weighted by atomic mass is 32.2. The van der Waals surface area contributed by atoms with E-state index < -0.39 is 45.7 Å². The molecule has 0 amide bonds. The zero-order chi connectivity index (χ0) is 30.5. The summed E-state index contributed by atoms with van der Waals surface area (Å²) in [4.78, 5) is 71.5. The van der Waals surface area contributed by atoms with Crippen molar-refractivity contribution in [1.82, 2.24) is 0 Å². The predicted octanol–water partition coefficient (Wildman–Crippen LogP) is 3.58. The molecule has 212 valence electrons. The van der Waals surface area contributed by atoms with E-state index in [4.69, 9.17) is 9.47 Å². The van der Waals surface area contributed by atoms with E-state index in [-0.39, 0.29) is 54.7 Å². The average Bonchev–Trinajstić information content (AvgIpc) is 3.45. The molecule has 0 fully saturated rings. The number of carbonyl (C=O) groups is 6. The molecule has 2 aliphatic rings. The van der Waals surface area contributed by atoms with Crippen LogP contribution in [0.1, 0.15) is 62.1 Å². The van der Waals surface area contributed by atoms with Gasteiger partial charge in [0.25, 0.3) is 0 Å². The van der Waals surface area contributed by atoms with Crippen molar-refractivity contribution in [2.75, 3.05) is 0 Å². The molecule has 0 radical (unpaired) electrons. The molecule has 4 aromatic carbocycles. The van der Waals surface area contributed by atoms with Crippen molar-refractivity contribution >= 4 is 45.7 Å². The van der Waals surface area contributed by atoms with Gasteiger partial charge in [0.05, 0.1) is 43.2 Å². The van der Waals surface area contributed by atoms with Crippen molar-refractivity contribution in [3.05, 3.63) is 118 Å². The Balaban J connectivity index is 1.12. The SMILES string of the molecule is O=C(Oc1ccc(S(=O)(=O)c2ccc(OC(=O)c3ccc4c(c3)C(=O)OC4=O)cc2)cc1)c1ccc2c(c1)C(=O)OC2=O. The van der Waals surface area contributed by atoms with Gasteiger partial charge in [0.1, 0.15) is 11.5 Å². The van der Waals surface area contributed by atoms with Crippen LogP contribution in [0.3, 0.4) is 0 Å². The number of esters is 6. The van der Waals surface area contributed by atoms with Crippen LogP contribution in [0.5, 0.6) is 11.5 Å². The fourth-order valence-corrected chi connectivity index (χ4v) is 5.53. The number of rotatable bonds is 6. The largest absolute Gasteiger partial charge is 0.423 e. The zero-order valence-electron chi connectivity index (χ0n) is 21.4. The van der Waals surface area contributed by atoms with Crippen molar-refractivity contribution in [3.63, 3.8) is 0 Å². The number of benzene rings is 4. The molecule has 2 heterocycles. The maximum Gasteiger partial charge on any atom is 0.346 e. The predicted molar refractivity (Wildman–Crippen MR) is 141 cm³/mol. The van der Waals surface area contributed by atoms with Crippen LogP contribution in [0, 0.1) is 0 Å². The molecule has 12 nitrogen and oxygen atoms in total. The minimum absolute atomic E-state index is 0.0170. The minimum atomic E-state index is -4.02. The molecule has 6 rings (SSSR count). The van der Waals surface area contributed by atoms with Crippen molar-refractivity contribution in [3.8, 4) is 11.5 Å². The number of fused-ring (bicyclic) bond motifs is 2. The van der Waals surface area contributed by atoms with Crippen LogP contribution in [0.2, 0.25) is 0 Å². The topological polar surface area (TPSA) is 173 Å². The van der Waals surface area contributed by atoms with Crippen LogP contribution in [0.25, 0.3) is 0 Å². The highest BCUT2D eigenvalue weighted by Gasteiger charge is 2.32. The van der Waals surface area contributed by atoms with E-state index in [0.29, 0.717) is 0 Å². The smallest absolute Gasteiger partial charge is 0.346 e. The van der Waals surface area contributed by atoms with Gasteiger partial charge >= 0.3 is 35.8 Å². The summed E-state index contributed by atoms with van der Waals surface area (Å²) in [5.74, 6) is -5.01. The lowest BCUT2D eigenvalue weighted by Gasteiger charge is -2.09. The Morgan fingerprint density at radius 3 is 1.21 bits per heavy atom. The van der Waals surface area contributed by atoms with Gasteiger partial charge in [-0.25, -0.2) is 37.2 Å². The van der Waals surface area contributed by atoms with Crippen LogP contribution < -0.4 is 9.47 Å². The third kappa shape index (κ3) is 4.93. The van der Waals surface area contributed by atoms with Gasteiger partial charge in [0, 0.05) is 0 Å². The first-order valence-corrected chi connectivity index (χ1v) is 13.7. The van der Waals surface area contributed by atoms with E-state index in [1.165, 1.54) is 84.9 Å². The highest BCUT2D eigenvalue weighted by Crippen LogP contribution is 2.27. The third-order valence-corrected chi connectivity index (χ3v) is 8.24. The molecule has 4 aromatic rings. The number of ether oxygens (including phenoxy) is 4. The molecule has 0 spiro atoms. The second-order valence-electron chi connectivity index (χ2n) is 9.10. The second-order valence-corrected chi connectivity index (χ2v) is 11.0. The van der Waals surface area contributed by atoms with E-state index in [1.54, 1.807) is 0 Å². The number of carbonyl (C=O) groups excluding carboxylic acids is 6. The molecule has 43 heavy (non-hydrogen) atoms. The van der Waals surface area contributed by atoms with E-state index >= 15 is 0 Å². The van der Waals surface area contributed by atoms with Crippen LogP contribution in [-0.4, -0.2) is 44.2 Å². The molecular formula is C30H14O12S. The minimum Gasteiger partial charge on any atom is -0.423 e. The Morgan fingerprint density at radius 2 is 0.837 bits per heavy atom. The summed E-state index contributed by atoms with van der Waals surface area (Å²) in [6, 6.07) is 17.5. The summed E-state index contributed by atoms with van der Waals surface area (Å²) < 4.78 is 45.7. The van der Waals surface area contributed by atoms with Crippen molar-refractivity contribution in [2.24, 2.45) is 0 Å². The molecule has 0 aliphatic carbocycles. The summed E-state index contributed by atoms with van der Waals surface area (Å²) in [7, 11) is -4.02. The molecule has 0 bridgehead atoms. The molecular weight excluding hydrogens is 584 g/mol. The molecule has 0 aromatic heterocycles. The first-order chi connectivity index (χ1) is 20.5. The molecule has 0 saturated carbocycles. The molecule has 0 N–H and O–H groups in total. The number of cyclic esters (lactones) is 4. The van der Waals surface area contributed by atoms with Gasteiger partial charge in [0.2, 0.25) is 9.84 Å². The Morgan fingerprint density at radius 1 is 0.488 bits per heavy atom. The number of hydrogen-bond acceptors (Lipinski definition) is 12. The van der Waals surface area contributed by atoms with Crippen LogP contribution in [-0.2, 0) is 19.3 Å². The summed E-state index contributed by atoms with van der Waals surface area (Å²) >= 11 is 0. The maximum absolute atomic E-state index is 13.1. The van der Waals surface area contributed by atoms with Gasteiger partial charge in [-0.2, -0.15) is 0 Å². The lowest BCUT2D eigenvalue weighted by Crippen LogP contribution is -2.10. The summed E-state index contributed by atoms with van der Waals surface area (Å²) in [6.07, 6.45) is 0. The van der Waals surface area contributed by atoms with Gasteiger partial charge in [-0.15, -0.1) is 0 Å². The molecule has 2 aliphatic heterocycles. The Bertz CT molecular complexity index is 1880. The fraction of sp³-hybridized carbons (Fsp3) is 0. The van der Waals surface area contributed by atoms with Gasteiger partial charge in [0.15, 0.2) is 0 Å². The van der Waals surface area contributed by atoms with Crippen LogP contribution >= 0.6 is 0 Å². The highest BCUT2D eigenvalue weighted by molar-refractivity contribution is 7.91. The quantitative estimate of drug-likeness (QED) is 0.180. The van der Waals surface area contributed by atoms with Gasteiger partial charge in [-0.05, 0) is 84.9 Å². The van der Waals surface area contributed by atoms with Gasteiger partial charge < -0.3 is 18.9 Å². The monoisotopic (exact) mass is 598 g/mol. The Hall–Kier alpha value is -5.95. The number of sulfone groups is 1. The fourth-order valence-electron chi connectivity index (χ4n) is 4.27. The van der Waals surface area contributed by atoms with E-state index in [9.17, 15) is 37.2 Å². The molecule has 0 saturated heterocycles. The number of hydrogen-bond donors (Lipinski definition) is 0. The van der Waals surface area contributed by atoms with E-state index in [0.717, 1.165) is 0 Å². The molecule has 0 atom stereocenters. The molecule has 13 heteroatoms. The maximum atomic E-state index is 13.1. The summed E-state index contributed by atoms with van der Waals surface area (Å²) in [5, 5.41) is 0. The lowest BCUT2D eigenvalue weighted by atomic mass is 10.1. The third-order valence-electron chi connectivity index (χ3n) is 6.45. The van der Waals surface area contributed by atoms with Gasteiger partial charge in [-0.1, -0.05) is 0 Å². The first kappa shape index (κ1) is 27.2. The van der Waals surface area contributed by atoms with Crippen LogP contribution in [0.15, 0.2) is 94.7 Å². The Labute approximate surface area is 241 Å².